The Hall–Kier alpha value is -2.32. The molecule has 4 rings (SSSR count). The van der Waals surface area contributed by atoms with Gasteiger partial charge in [0.1, 0.15) is 11.5 Å². The smallest absolute Gasteiger partial charge is 0.130 e. The highest BCUT2D eigenvalue weighted by Crippen LogP contribution is 2.40. The number of hydrogen-bond acceptors (Lipinski definition) is 1. The molecule has 2 heteroatoms. The number of hydrogen-bond donors (Lipinski definition) is 0. The molecule has 1 heterocycles. The van der Waals surface area contributed by atoms with E-state index in [0.29, 0.717) is 0 Å². The third-order valence-corrected chi connectivity index (χ3v) is 8.42. The van der Waals surface area contributed by atoms with E-state index in [4.69, 9.17) is 4.42 Å². The molecule has 0 saturated heterocycles. The van der Waals surface area contributed by atoms with Crippen molar-refractivity contribution in [2.45, 2.75) is 60.2 Å². The van der Waals surface area contributed by atoms with Crippen LogP contribution in [0.25, 0.3) is 22.8 Å². The van der Waals surface area contributed by atoms with Crippen LogP contribution in [0.3, 0.4) is 0 Å². The monoisotopic (exact) mass is 400 g/mol. The Morgan fingerprint density at radius 1 is 0.931 bits per heavy atom. The van der Waals surface area contributed by atoms with Crippen molar-refractivity contribution in [3.05, 3.63) is 75.7 Å². The van der Waals surface area contributed by atoms with Gasteiger partial charge in [-0.1, -0.05) is 67.1 Å². The van der Waals surface area contributed by atoms with Crippen molar-refractivity contribution < 1.29 is 4.42 Å². The van der Waals surface area contributed by atoms with Gasteiger partial charge in [0.05, 0.1) is 8.07 Å². The molecule has 1 aromatic heterocycles. The Morgan fingerprint density at radius 3 is 2.17 bits per heavy atom. The van der Waals surface area contributed by atoms with Crippen molar-refractivity contribution in [2.24, 2.45) is 0 Å². The summed E-state index contributed by atoms with van der Waals surface area (Å²) in [6.07, 6.45) is 4.35. The number of aryl methyl sites for hydroxylation is 4. The summed E-state index contributed by atoms with van der Waals surface area (Å²) < 4.78 is 5.93. The van der Waals surface area contributed by atoms with Crippen molar-refractivity contribution in [2.75, 3.05) is 0 Å². The van der Waals surface area contributed by atoms with Gasteiger partial charge in [0.2, 0.25) is 0 Å². The fraction of sp³-hybridized carbons (Fsp3) is 0.333. The van der Waals surface area contributed by atoms with Crippen molar-refractivity contribution in [3.63, 3.8) is 0 Å². The minimum atomic E-state index is -1.37. The molecule has 1 nitrogen and oxygen atoms in total. The van der Waals surface area contributed by atoms with Crippen LogP contribution in [0.4, 0.5) is 0 Å². The number of allylic oxidation sites excluding steroid dienone is 1. The first kappa shape index (κ1) is 20.0. The average Bonchev–Trinajstić information content (AvgIpc) is 3.24. The second-order valence-corrected chi connectivity index (χ2v) is 14.5. The molecule has 0 aliphatic heterocycles. The Bertz CT molecular complexity index is 1100. The molecule has 0 fully saturated rings. The second kappa shape index (κ2) is 7.18. The van der Waals surface area contributed by atoms with Crippen LogP contribution in [-0.2, 0) is 12.8 Å². The highest BCUT2D eigenvalue weighted by atomic mass is 28.3. The maximum atomic E-state index is 5.93. The molecule has 2 aromatic carbocycles. The van der Waals surface area contributed by atoms with Crippen LogP contribution in [0, 0.1) is 20.8 Å². The predicted octanol–water partition coefficient (Wildman–Crippen LogP) is 7.08. The van der Waals surface area contributed by atoms with Gasteiger partial charge < -0.3 is 4.42 Å². The molecule has 0 atom stereocenters. The standard InChI is InChI=1S/C27H32OSi/c1-8-20-10-11-21-15-22(25-12-9-19(4)28-25)16-24(21)26(20)23-13-17(2)27(18(3)14-23)29(5,6)7/h9-14,16H,8,15H2,1-7H3. The van der Waals surface area contributed by atoms with Crippen molar-refractivity contribution in [1.29, 1.82) is 0 Å². The third kappa shape index (κ3) is 3.55. The first-order chi connectivity index (χ1) is 13.7. The molecule has 0 bridgehead atoms. The van der Waals surface area contributed by atoms with Gasteiger partial charge in [0.15, 0.2) is 0 Å². The molecule has 0 N–H and O–H groups in total. The van der Waals surface area contributed by atoms with E-state index >= 15 is 0 Å². The van der Waals surface area contributed by atoms with Crippen molar-refractivity contribution >= 4 is 24.9 Å². The van der Waals surface area contributed by atoms with E-state index in [0.717, 1.165) is 24.4 Å². The number of fused-ring (bicyclic) bond motifs is 1. The molecule has 150 valence electrons. The lowest BCUT2D eigenvalue weighted by Gasteiger charge is -2.24. The van der Waals surface area contributed by atoms with Crippen LogP contribution in [0.2, 0.25) is 19.6 Å². The van der Waals surface area contributed by atoms with Crippen LogP contribution < -0.4 is 5.19 Å². The van der Waals surface area contributed by atoms with Gasteiger partial charge in [0.25, 0.3) is 0 Å². The van der Waals surface area contributed by atoms with E-state index in [-0.39, 0.29) is 0 Å². The Morgan fingerprint density at radius 2 is 1.62 bits per heavy atom. The topological polar surface area (TPSA) is 13.1 Å². The minimum absolute atomic E-state index is 0.949. The maximum Gasteiger partial charge on any atom is 0.130 e. The fourth-order valence-electron chi connectivity index (χ4n) is 5.15. The lowest BCUT2D eigenvalue weighted by molar-refractivity contribution is 0.521. The normalized spacial score (nSPS) is 13.6. The van der Waals surface area contributed by atoms with E-state index < -0.39 is 8.07 Å². The van der Waals surface area contributed by atoms with Gasteiger partial charge in [-0.15, -0.1) is 0 Å². The van der Waals surface area contributed by atoms with Crippen LogP contribution in [-0.4, -0.2) is 8.07 Å². The van der Waals surface area contributed by atoms with Crippen LogP contribution >= 0.6 is 0 Å². The summed E-state index contributed by atoms with van der Waals surface area (Å²) in [5.41, 5.74) is 11.2. The molecule has 0 spiro atoms. The number of furan rings is 1. The van der Waals surface area contributed by atoms with Gasteiger partial charge in [-0.3, -0.25) is 0 Å². The van der Waals surface area contributed by atoms with E-state index in [1.54, 1.807) is 5.19 Å². The quantitative estimate of drug-likeness (QED) is 0.427. The summed E-state index contributed by atoms with van der Waals surface area (Å²) in [6, 6.07) is 13.7. The Balaban J connectivity index is 1.90. The van der Waals surface area contributed by atoms with Crippen molar-refractivity contribution in [1.82, 2.24) is 0 Å². The van der Waals surface area contributed by atoms with Crippen molar-refractivity contribution in [3.8, 4) is 11.1 Å². The summed E-state index contributed by atoms with van der Waals surface area (Å²) >= 11 is 0. The highest BCUT2D eigenvalue weighted by Gasteiger charge is 2.25. The molecular weight excluding hydrogens is 368 g/mol. The average molecular weight is 401 g/mol. The summed E-state index contributed by atoms with van der Waals surface area (Å²) in [5.74, 6) is 1.98. The van der Waals surface area contributed by atoms with Gasteiger partial charge in [-0.05, 0) is 78.8 Å². The van der Waals surface area contributed by atoms with E-state index in [1.165, 1.54) is 44.5 Å². The Labute approximate surface area is 176 Å². The van der Waals surface area contributed by atoms with Gasteiger partial charge >= 0.3 is 0 Å². The first-order valence-corrected chi connectivity index (χ1v) is 14.2. The van der Waals surface area contributed by atoms with Crippen LogP contribution in [0.15, 0.2) is 40.8 Å². The molecule has 1 aliphatic rings. The van der Waals surface area contributed by atoms with Gasteiger partial charge in [0, 0.05) is 6.42 Å². The summed E-state index contributed by atoms with van der Waals surface area (Å²) in [4.78, 5) is 0. The number of benzene rings is 2. The zero-order valence-corrected chi connectivity index (χ0v) is 19.9. The number of rotatable bonds is 4. The van der Waals surface area contributed by atoms with Crippen LogP contribution in [0.5, 0.6) is 0 Å². The Kier molecular flexibility index (Phi) is 4.94. The lowest BCUT2D eigenvalue weighted by atomic mass is 9.89. The summed E-state index contributed by atoms with van der Waals surface area (Å²) in [5, 5.41) is 1.61. The van der Waals surface area contributed by atoms with E-state index in [9.17, 15) is 0 Å². The minimum Gasteiger partial charge on any atom is -0.462 e. The molecular formula is C27H32OSi. The molecule has 0 saturated carbocycles. The summed E-state index contributed by atoms with van der Waals surface area (Å²) in [6.45, 7) is 16.2. The molecule has 0 radical (unpaired) electrons. The fourth-order valence-corrected chi connectivity index (χ4v) is 7.66. The predicted molar refractivity (Wildman–Crippen MR) is 129 cm³/mol. The maximum absolute atomic E-state index is 5.93. The zero-order chi connectivity index (χ0) is 20.9. The lowest BCUT2D eigenvalue weighted by Crippen LogP contribution is -2.41. The second-order valence-electron chi connectivity index (χ2n) is 9.52. The first-order valence-electron chi connectivity index (χ1n) is 10.7. The molecule has 29 heavy (non-hydrogen) atoms. The largest absolute Gasteiger partial charge is 0.462 e. The van der Waals surface area contributed by atoms with E-state index in [1.807, 2.05) is 6.92 Å². The molecule has 1 aliphatic carbocycles. The summed E-state index contributed by atoms with van der Waals surface area (Å²) in [7, 11) is -1.37. The third-order valence-electron chi connectivity index (χ3n) is 6.13. The molecule has 0 amide bonds. The molecule has 0 unspecified atom stereocenters. The molecule has 3 aromatic rings. The SMILES string of the molecule is CCc1ccc2c(c1-c1cc(C)c([Si](C)(C)C)c(C)c1)C=C(c1ccc(C)o1)C2. The van der Waals surface area contributed by atoms with Gasteiger partial charge in [-0.25, -0.2) is 0 Å². The zero-order valence-electron chi connectivity index (χ0n) is 18.9. The van der Waals surface area contributed by atoms with E-state index in [2.05, 4.69) is 82.9 Å². The highest BCUT2D eigenvalue weighted by molar-refractivity contribution is 6.89. The van der Waals surface area contributed by atoms with Gasteiger partial charge in [-0.2, -0.15) is 0 Å². The van der Waals surface area contributed by atoms with Crippen LogP contribution in [0.1, 0.15) is 46.3 Å².